The molecule has 0 aliphatic carbocycles. The van der Waals surface area contributed by atoms with Gasteiger partial charge in [0.05, 0.1) is 5.75 Å². The van der Waals surface area contributed by atoms with Crippen LogP contribution in [-0.4, -0.2) is 36.6 Å². The van der Waals surface area contributed by atoms with Crippen molar-refractivity contribution in [1.29, 1.82) is 0 Å². The lowest BCUT2D eigenvalue weighted by molar-refractivity contribution is -0.133. The number of aliphatic carboxylic acids is 1. The van der Waals surface area contributed by atoms with E-state index in [1.54, 1.807) is 6.07 Å². The van der Waals surface area contributed by atoms with E-state index < -0.39 is 18.1 Å². The summed E-state index contributed by atoms with van der Waals surface area (Å²) in [6, 6.07) is 2.71. The normalized spacial score (nSPS) is 10.9. The molecule has 0 fully saturated rings. The van der Waals surface area contributed by atoms with Crippen LogP contribution in [0.4, 0.5) is 8.78 Å². The third kappa shape index (κ3) is 3.25. The van der Waals surface area contributed by atoms with E-state index in [1.807, 2.05) is 0 Å². The largest absolute Gasteiger partial charge is 0.481 e. The highest BCUT2D eigenvalue weighted by molar-refractivity contribution is 7.99. The second-order valence-corrected chi connectivity index (χ2v) is 4.35. The van der Waals surface area contributed by atoms with Crippen molar-refractivity contribution in [1.82, 2.24) is 19.7 Å². The van der Waals surface area contributed by atoms with Gasteiger partial charge in [0, 0.05) is 12.4 Å². The maximum absolute atomic E-state index is 12.6. The maximum atomic E-state index is 12.6. The lowest BCUT2D eigenvalue weighted by Gasteiger charge is -2.02. The van der Waals surface area contributed by atoms with Gasteiger partial charge in [0.15, 0.2) is 0 Å². The zero-order chi connectivity index (χ0) is 13.8. The highest BCUT2D eigenvalue weighted by Crippen LogP contribution is 2.26. The number of aromatic nitrogens is 4. The lowest BCUT2D eigenvalue weighted by Crippen LogP contribution is -2.05. The molecule has 100 valence electrons. The Kier molecular flexibility index (Phi) is 4.05. The van der Waals surface area contributed by atoms with E-state index in [0.29, 0.717) is 0 Å². The zero-order valence-corrected chi connectivity index (χ0v) is 10.2. The fourth-order valence-corrected chi connectivity index (χ4v) is 1.99. The van der Waals surface area contributed by atoms with Gasteiger partial charge in [-0.3, -0.25) is 4.79 Å². The van der Waals surface area contributed by atoms with Crippen molar-refractivity contribution in [2.45, 2.75) is 11.5 Å². The Hall–Kier alpha value is -2.03. The number of nitrogens with zero attached hydrogens (tertiary/aromatic N) is 4. The molecule has 0 bridgehead atoms. The average molecular weight is 286 g/mol. The van der Waals surface area contributed by atoms with E-state index in [9.17, 15) is 13.6 Å². The summed E-state index contributed by atoms with van der Waals surface area (Å²) in [6.45, 7) is 0. The van der Waals surface area contributed by atoms with E-state index in [2.05, 4.69) is 15.1 Å². The number of alkyl halides is 2. The molecule has 0 aliphatic heterocycles. The van der Waals surface area contributed by atoms with Gasteiger partial charge in [-0.15, -0.1) is 0 Å². The van der Waals surface area contributed by atoms with Gasteiger partial charge in [-0.25, -0.2) is 18.7 Å². The summed E-state index contributed by atoms with van der Waals surface area (Å²) < 4.78 is 26.4. The Morgan fingerprint density at radius 2 is 2.11 bits per heavy atom. The summed E-state index contributed by atoms with van der Waals surface area (Å²) in [4.78, 5) is 18.3. The Bertz CT molecular complexity index is 576. The molecule has 9 heteroatoms. The first-order chi connectivity index (χ1) is 9.08. The molecule has 0 saturated heterocycles. The highest BCUT2D eigenvalue weighted by atomic mass is 32.2. The molecule has 2 aromatic heterocycles. The number of rotatable bonds is 5. The first-order valence-electron chi connectivity index (χ1n) is 5.08. The van der Waals surface area contributed by atoms with Gasteiger partial charge in [-0.05, 0) is 12.1 Å². The second kappa shape index (κ2) is 5.74. The first kappa shape index (κ1) is 13.4. The van der Waals surface area contributed by atoms with Crippen molar-refractivity contribution in [2.24, 2.45) is 0 Å². The minimum atomic E-state index is -2.74. The number of thioether (sulfide) groups is 1. The number of carboxylic acid groups (broad SMARTS) is 1. The molecule has 0 unspecified atom stereocenters. The van der Waals surface area contributed by atoms with Crippen LogP contribution in [0.3, 0.4) is 0 Å². The predicted molar refractivity (Wildman–Crippen MR) is 62.5 cm³/mol. The summed E-state index contributed by atoms with van der Waals surface area (Å²) in [5.74, 6) is -1.20. The Morgan fingerprint density at radius 1 is 1.42 bits per heavy atom. The number of hydrogen-bond acceptors (Lipinski definition) is 5. The van der Waals surface area contributed by atoms with Gasteiger partial charge in [0.2, 0.25) is 0 Å². The molecule has 2 heterocycles. The summed E-state index contributed by atoms with van der Waals surface area (Å²) in [5.41, 5.74) is -0.444. The first-order valence-corrected chi connectivity index (χ1v) is 6.06. The topological polar surface area (TPSA) is 80.9 Å². The van der Waals surface area contributed by atoms with Crippen LogP contribution in [0.5, 0.6) is 0 Å². The van der Waals surface area contributed by atoms with Crippen LogP contribution in [0.25, 0.3) is 5.95 Å². The van der Waals surface area contributed by atoms with Gasteiger partial charge in [-0.1, -0.05) is 11.8 Å². The maximum Gasteiger partial charge on any atom is 0.313 e. The SMILES string of the molecule is O=C(O)CSc1cc(C(F)F)nn1-c1ncccn1. The monoisotopic (exact) mass is 286 g/mol. The van der Waals surface area contributed by atoms with Gasteiger partial charge < -0.3 is 5.11 Å². The summed E-state index contributed by atoms with van der Waals surface area (Å²) >= 11 is 0.876. The van der Waals surface area contributed by atoms with Crippen LogP contribution in [-0.2, 0) is 4.79 Å². The number of carboxylic acids is 1. The van der Waals surface area contributed by atoms with Crippen molar-refractivity contribution in [3.05, 3.63) is 30.2 Å². The molecule has 0 aromatic carbocycles. The predicted octanol–water partition coefficient (Wildman–Crippen LogP) is 1.78. The molecule has 0 saturated carbocycles. The van der Waals surface area contributed by atoms with E-state index in [1.165, 1.54) is 12.4 Å². The van der Waals surface area contributed by atoms with Crippen LogP contribution in [0.15, 0.2) is 29.6 Å². The van der Waals surface area contributed by atoms with Gasteiger partial charge in [-0.2, -0.15) is 9.78 Å². The van der Waals surface area contributed by atoms with E-state index in [0.717, 1.165) is 22.5 Å². The van der Waals surface area contributed by atoms with E-state index >= 15 is 0 Å². The summed E-state index contributed by atoms with van der Waals surface area (Å²) in [5, 5.41) is 12.6. The molecular weight excluding hydrogens is 278 g/mol. The van der Waals surface area contributed by atoms with Crippen molar-refractivity contribution in [2.75, 3.05) is 5.75 Å². The Labute approximate surface area is 110 Å². The third-order valence-electron chi connectivity index (χ3n) is 2.00. The van der Waals surface area contributed by atoms with E-state index in [4.69, 9.17) is 5.11 Å². The van der Waals surface area contributed by atoms with Crippen molar-refractivity contribution in [3.63, 3.8) is 0 Å². The molecule has 19 heavy (non-hydrogen) atoms. The quantitative estimate of drug-likeness (QED) is 0.844. The average Bonchev–Trinajstić information content (AvgIpc) is 2.81. The molecule has 2 aromatic rings. The fraction of sp³-hybridized carbons (Fsp3) is 0.200. The second-order valence-electron chi connectivity index (χ2n) is 3.35. The molecule has 0 radical (unpaired) electrons. The zero-order valence-electron chi connectivity index (χ0n) is 9.40. The molecule has 6 nitrogen and oxygen atoms in total. The molecular formula is C10H8F2N4O2S. The van der Waals surface area contributed by atoms with Gasteiger partial charge in [0.1, 0.15) is 10.7 Å². The molecule has 0 spiro atoms. The van der Waals surface area contributed by atoms with Crippen LogP contribution in [0.1, 0.15) is 12.1 Å². The molecule has 0 amide bonds. The minimum absolute atomic E-state index is 0.113. The van der Waals surface area contributed by atoms with Crippen LogP contribution >= 0.6 is 11.8 Å². The van der Waals surface area contributed by atoms with Crippen LogP contribution in [0.2, 0.25) is 0 Å². The molecule has 2 rings (SSSR count). The summed E-state index contributed by atoms with van der Waals surface area (Å²) in [6.07, 6.45) is 0.143. The molecule has 1 N–H and O–H groups in total. The third-order valence-corrected chi connectivity index (χ3v) is 2.98. The minimum Gasteiger partial charge on any atom is -0.481 e. The molecule has 0 atom stereocenters. The highest BCUT2D eigenvalue weighted by Gasteiger charge is 2.18. The van der Waals surface area contributed by atoms with Crippen LogP contribution < -0.4 is 0 Å². The Balaban J connectivity index is 2.37. The van der Waals surface area contributed by atoms with Gasteiger partial charge >= 0.3 is 5.97 Å². The molecule has 0 aliphatic rings. The standard InChI is InChI=1S/C10H8F2N4O2S/c11-9(12)6-4-7(19-5-8(17)18)16(15-6)10-13-2-1-3-14-10/h1-4,9H,5H2,(H,17,18). The lowest BCUT2D eigenvalue weighted by atomic mass is 10.5. The number of hydrogen-bond donors (Lipinski definition) is 1. The van der Waals surface area contributed by atoms with Gasteiger partial charge in [0.25, 0.3) is 12.4 Å². The summed E-state index contributed by atoms with van der Waals surface area (Å²) in [7, 11) is 0. The number of halogens is 2. The van der Waals surface area contributed by atoms with Crippen molar-refractivity contribution in [3.8, 4) is 5.95 Å². The number of carbonyl (C=O) groups is 1. The fourth-order valence-electron chi connectivity index (χ4n) is 1.27. The van der Waals surface area contributed by atoms with Crippen molar-refractivity contribution >= 4 is 17.7 Å². The smallest absolute Gasteiger partial charge is 0.313 e. The van der Waals surface area contributed by atoms with Crippen LogP contribution in [0, 0.1) is 0 Å². The van der Waals surface area contributed by atoms with Crippen molar-refractivity contribution < 1.29 is 18.7 Å². The Morgan fingerprint density at radius 3 is 2.68 bits per heavy atom. The van der Waals surface area contributed by atoms with E-state index in [-0.39, 0.29) is 16.7 Å².